The van der Waals surface area contributed by atoms with Gasteiger partial charge in [0.2, 0.25) is 23.6 Å². The molecule has 2 heterocycles. The third-order valence-corrected chi connectivity index (χ3v) is 10.4. The van der Waals surface area contributed by atoms with Gasteiger partial charge in [-0.15, -0.1) is 0 Å². The number of hydrogen-bond acceptors (Lipinski definition) is 11. The Bertz CT molecular complexity index is 2280. The standard InChI is InChI=1S/C44H51N9O7/c1-5-6-7-8-27-9-12-29(13-10-27)39-48-24-33(25(2)49-39)41(57)51-34(17-18-45)44(60)53(4)38-30-14-16-37(55)32(23-30)31-21-28(11-15-36(31)54)22-35(42(58)47-20-19-46)52-40(56)26(3)50-43(38)59/h9-16,21,23-24,26,34-35,38,54-55H,5-8,17-18,20,22,45H2,1-4H3,(H,47,58)(H,50,59)(H,51,57)(H,52,56). The number of phenols is 2. The number of aryl methyl sites for hydroxylation is 2. The van der Waals surface area contributed by atoms with Gasteiger partial charge < -0.3 is 42.1 Å². The topological polar surface area (TPSA) is 253 Å². The Morgan fingerprint density at radius 3 is 2.37 bits per heavy atom. The van der Waals surface area contributed by atoms with Gasteiger partial charge in [-0.05, 0) is 80.6 Å². The molecule has 5 amide bonds. The van der Waals surface area contributed by atoms with Crippen LogP contribution in [0, 0.1) is 18.3 Å². The van der Waals surface area contributed by atoms with E-state index >= 15 is 0 Å². The van der Waals surface area contributed by atoms with E-state index in [1.165, 1.54) is 56.1 Å². The molecule has 0 saturated heterocycles. The highest BCUT2D eigenvalue weighted by Gasteiger charge is 2.36. The van der Waals surface area contributed by atoms with E-state index in [1.54, 1.807) is 13.0 Å². The highest BCUT2D eigenvalue weighted by Crippen LogP contribution is 2.39. The van der Waals surface area contributed by atoms with Crippen molar-refractivity contribution in [3.05, 3.63) is 94.8 Å². The van der Waals surface area contributed by atoms with E-state index in [0.717, 1.165) is 36.1 Å². The van der Waals surface area contributed by atoms with E-state index in [1.807, 2.05) is 30.3 Å². The van der Waals surface area contributed by atoms with Crippen LogP contribution in [0.15, 0.2) is 66.9 Å². The molecule has 60 heavy (non-hydrogen) atoms. The van der Waals surface area contributed by atoms with E-state index in [9.17, 15) is 34.2 Å². The number of amides is 5. The molecule has 4 atom stereocenters. The minimum Gasteiger partial charge on any atom is -0.507 e. The number of unbranched alkanes of at least 4 members (excludes halogenated alkanes) is 2. The average molecular weight is 818 g/mol. The molecule has 0 aliphatic carbocycles. The minimum atomic E-state index is -1.45. The first-order valence-electron chi connectivity index (χ1n) is 19.9. The largest absolute Gasteiger partial charge is 0.507 e. The zero-order valence-electron chi connectivity index (χ0n) is 34.1. The van der Waals surface area contributed by atoms with Crippen LogP contribution in [0.3, 0.4) is 0 Å². The smallest absolute Gasteiger partial charge is 0.255 e. The first-order valence-corrected chi connectivity index (χ1v) is 19.9. The summed E-state index contributed by atoms with van der Waals surface area (Å²) in [6, 6.07) is 13.3. The lowest BCUT2D eigenvalue weighted by molar-refractivity contribution is -0.141. The Labute approximate surface area is 348 Å². The molecule has 4 unspecified atom stereocenters. The molecule has 8 N–H and O–H groups in total. The van der Waals surface area contributed by atoms with Crippen LogP contribution in [0.2, 0.25) is 0 Å². The van der Waals surface area contributed by atoms with Gasteiger partial charge >= 0.3 is 0 Å². The Morgan fingerprint density at radius 2 is 1.70 bits per heavy atom. The SMILES string of the molecule is CCCCCc1ccc(-c2ncc(C(=O)NC(CCN)C(=O)N(C)C3C(=O)NC(C)C(=O)NC(C(=O)NCC#N)Cc4ccc(O)c(c4)-c4cc3ccc4O)c(C)n2)cc1. The highest BCUT2D eigenvalue weighted by atomic mass is 16.3. The number of aromatic hydroxyl groups is 2. The zero-order valence-corrected chi connectivity index (χ0v) is 34.1. The van der Waals surface area contributed by atoms with Crippen molar-refractivity contribution in [2.45, 2.75) is 83.5 Å². The van der Waals surface area contributed by atoms with Crippen molar-refractivity contribution in [2.75, 3.05) is 20.1 Å². The molecule has 0 radical (unpaired) electrons. The number of nitriles is 1. The first-order chi connectivity index (χ1) is 28.8. The van der Waals surface area contributed by atoms with E-state index in [0.29, 0.717) is 17.1 Å². The Morgan fingerprint density at radius 1 is 1.00 bits per heavy atom. The predicted octanol–water partition coefficient (Wildman–Crippen LogP) is 3.10. The number of aromatic nitrogens is 2. The van der Waals surface area contributed by atoms with Crippen LogP contribution < -0.4 is 27.0 Å². The number of nitrogens with two attached hydrogens (primary N) is 1. The molecule has 0 saturated carbocycles. The molecule has 5 rings (SSSR count). The number of rotatable bonds is 13. The van der Waals surface area contributed by atoms with Gasteiger partial charge in [0.15, 0.2) is 5.82 Å². The number of nitrogens with one attached hydrogen (secondary N) is 4. The van der Waals surface area contributed by atoms with Gasteiger partial charge in [-0.1, -0.05) is 56.2 Å². The summed E-state index contributed by atoms with van der Waals surface area (Å²) < 4.78 is 0. The lowest BCUT2D eigenvalue weighted by Gasteiger charge is -2.32. The molecule has 4 bridgehead atoms. The van der Waals surface area contributed by atoms with Crippen molar-refractivity contribution in [1.82, 2.24) is 36.1 Å². The zero-order chi connectivity index (χ0) is 43.5. The molecule has 1 aliphatic heterocycles. The fourth-order valence-electron chi connectivity index (χ4n) is 7.03. The van der Waals surface area contributed by atoms with Crippen molar-refractivity contribution in [3.63, 3.8) is 0 Å². The Balaban J connectivity index is 1.45. The second-order valence-corrected chi connectivity index (χ2v) is 14.8. The molecule has 314 valence electrons. The Hall–Kier alpha value is -6.86. The number of carbonyl (C=O) groups excluding carboxylic acids is 5. The van der Waals surface area contributed by atoms with Crippen molar-refractivity contribution in [2.24, 2.45) is 5.73 Å². The summed E-state index contributed by atoms with van der Waals surface area (Å²) in [6.45, 7) is 4.90. The fourth-order valence-corrected chi connectivity index (χ4v) is 7.03. The van der Waals surface area contributed by atoms with Crippen LogP contribution in [-0.4, -0.2) is 92.9 Å². The second kappa shape index (κ2) is 20.2. The summed E-state index contributed by atoms with van der Waals surface area (Å²) in [4.78, 5) is 79.0. The van der Waals surface area contributed by atoms with Crippen LogP contribution in [-0.2, 0) is 32.0 Å². The summed E-state index contributed by atoms with van der Waals surface area (Å²) >= 11 is 0. The maximum Gasteiger partial charge on any atom is 0.255 e. The number of likely N-dealkylation sites (N-methyl/N-ethyl adjacent to an activating group) is 1. The average Bonchev–Trinajstić information content (AvgIpc) is 3.23. The molecule has 3 aromatic carbocycles. The summed E-state index contributed by atoms with van der Waals surface area (Å²) in [7, 11) is 1.36. The van der Waals surface area contributed by atoms with Crippen LogP contribution in [0.1, 0.15) is 78.3 Å². The summed E-state index contributed by atoms with van der Waals surface area (Å²) in [5, 5.41) is 41.4. The Kier molecular flexibility index (Phi) is 14.9. The van der Waals surface area contributed by atoms with Crippen LogP contribution in [0.25, 0.3) is 22.5 Å². The molecular weight excluding hydrogens is 767 g/mol. The number of phenolic OH excluding ortho intramolecular Hbond substituents is 2. The van der Waals surface area contributed by atoms with E-state index in [4.69, 9.17) is 11.0 Å². The van der Waals surface area contributed by atoms with Gasteiger partial charge in [0.25, 0.3) is 5.91 Å². The highest BCUT2D eigenvalue weighted by molar-refractivity contribution is 6.00. The molecule has 0 fully saturated rings. The van der Waals surface area contributed by atoms with Crippen LogP contribution in [0.4, 0.5) is 0 Å². The molecule has 4 aromatic rings. The van der Waals surface area contributed by atoms with Crippen LogP contribution in [0.5, 0.6) is 11.5 Å². The fraction of sp³-hybridized carbons (Fsp3) is 0.364. The molecule has 0 spiro atoms. The van der Waals surface area contributed by atoms with E-state index in [2.05, 4.69) is 38.2 Å². The second-order valence-electron chi connectivity index (χ2n) is 14.8. The van der Waals surface area contributed by atoms with Crippen molar-refractivity contribution in [3.8, 4) is 40.1 Å². The molecule has 16 heteroatoms. The number of carbonyl (C=O) groups is 5. The maximum absolute atomic E-state index is 14.4. The monoisotopic (exact) mass is 817 g/mol. The predicted molar refractivity (Wildman–Crippen MR) is 223 cm³/mol. The normalized spacial score (nSPS) is 16.9. The van der Waals surface area contributed by atoms with Gasteiger partial charge in [-0.3, -0.25) is 24.0 Å². The van der Waals surface area contributed by atoms with Crippen molar-refractivity contribution in [1.29, 1.82) is 5.26 Å². The first kappa shape index (κ1) is 44.2. The lowest BCUT2D eigenvalue weighted by Crippen LogP contribution is -2.56. The van der Waals surface area contributed by atoms with E-state index in [-0.39, 0.29) is 59.7 Å². The van der Waals surface area contributed by atoms with Gasteiger partial charge in [-0.25, -0.2) is 9.97 Å². The quantitative estimate of drug-likeness (QED) is 0.0763. The minimum absolute atomic E-state index is 0.0104. The summed E-state index contributed by atoms with van der Waals surface area (Å²) in [5.74, 6) is -3.59. The van der Waals surface area contributed by atoms with E-state index < -0.39 is 53.7 Å². The van der Waals surface area contributed by atoms with Gasteiger partial charge in [0.1, 0.15) is 42.2 Å². The molecule has 16 nitrogen and oxygen atoms in total. The number of nitrogens with zero attached hydrogens (tertiary/aromatic N) is 4. The third-order valence-electron chi connectivity index (χ3n) is 10.4. The molecule has 1 aromatic heterocycles. The number of benzene rings is 3. The third kappa shape index (κ3) is 10.6. The number of hydrogen-bond donors (Lipinski definition) is 7. The molecule has 1 aliphatic rings. The molecular formula is C44H51N9O7. The summed E-state index contributed by atoms with van der Waals surface area (Å²) in [6.07, 6.45) is 5.71. The maximum atomic E-state index is 14.4. The van der Waals surface area contributed by atoms with Gasteiger partial charge in [0, 0.05) is 36.4 Å². The number of fused-ring (bicyclic) bond motifs is 5. The van der Waals surface area contributed by atoms with Crippen molar-refractivity contribution < 1.29 is 34.2 Å². The van der Waals surface area contributed by atoms with Crippen LogP contribution >= 0.6 is 0 Å². The summed E-state index contributed by atoms with van der Waals surface area (Å²) in [5.41, 5.74) is 9.39. The van der Waals surface area contributed by atoms with Gasteiger partial charge in [-0.2, -0.15) is 5.26 Å². The van der Waals surface area contributed by atoms with Gasteiger partial charge in [0.05, 0.1) is 17.3 Å². The van der Waals surface area contributed by atoms with Crippen molar-refractivity contribution >= 4 is 29.5 Å². The lowest BCUT2D eigenvalue weighted by atomic mass is 9.93.